The van der Waals surface area contributed by atoms with Gasteiger partial charge in [-0.1, -0.05) is 42.1 Å². The van der Waals surface area contributed by atoms with Gasteiger partial charge in [0.2, 0.25) is 5.12 Å². The molecule has 0 saturated heterocycles. The van der Waals surface area contributed by atoms with Crippen LogP contribution < -0.4 is 0 Å². The van der Waals surface area contributed by atoms with Gasteiger partial charge in [-0.2, -0.15) is 17.6 Å². The second kappa shape index (κ2) is 7.34. The number of halogens is 7. The molecule has 0 amide bonds. The van der Waals surface area contributed by atoms with Crippen molar-refractivity contribution in [1.82, 2.24) is 0 Å². The molecule has 1 nitrogen and oxygen atoms in total. The maximum Gasteiger partial charge on any atom is 0.372 e. The summed E-state index contributed by atoms with van der Waals surface area (Å²) in [7, 11) is 0. The first kappa shape index (κ1) is 18.8. The van der Waals surface area contributed by atoms with E-state index in [9.17, 15) is 35.5 Å². The molecule has 124 valence electrons. The molecule has 0 aromatic heterocycles. The van der Waals surface area contributed by atoms with E-state index in [-0.39, 0.29) is 5.56 Å². The van der Waals surface area contributed by atoms with E-state index in [1.54, 1.807) is 18.2 Å². The summed E-state index contributed by atoms with van der Waals surface area (Å²) in [5.41, 5.74) is 0.229. The van der Waals surface area contributed by atoms with Gasteiger partial charge >= 0.3 is 18.3 Å². The first-order valence-corrected chi connectivity index (χ1v) is 6.99. The van der Waals surface area contributed by atoms with Gasteiger partial charge in [-0.15, -0.1) is 0 Å². The van der Waals surface area contributed by atoms with E-state index in [1.807, 2.05) is 0 Å². The molecule has 1 atom stereocenters. The maximum atomic E-state index is 13.2. The number of carbonyl (C=O) groups excluding carboxylic acids is 1. The van der Waals surface area contributed by atoms with E-state index < -0.39 is 41.7 Å². The Morgan fingerprint density at radius 3 is 2.05 bits per heavy atom. The molecule has 9 heteroatoms. The van der Waals surface area contributed by atoms with Gasteiger partial charge in [0, 0.05) is 11.3 Å². The van der Waals surface area contributed by atoms with Gasteiger partial charge in [0.05, 0.1) is 0 Å². The lowest BCUT2D eigenvalue weighted by atomic mass is 10.1. The van der Waals surface area contributed by atoms with Crippen LogP contribution in [0.4, 0.5) is 30.7 Å². The summed E-state index contributed by atoms with van der Waals surface area (Å²) in [6, 6.07) is 7.59. The van der Waals surface area contributed by atoms with Crippen molar-refractivity contribution in [3.8, 4) is 0 Å². The molecule has 22 heavy (non-hydrogen) atoms. The Hall–Kier alpha value is -1.25. The van der Waals surface area contributed by atoms with Crippen molar-refractivity contribution in [1.29, 1.82) is 0 Å². The number of hydrogen-bond donors (Lipinski definition) is 0. The monoisotopic (exact) mass is 348 g/mol. The van der Waals surface area contributed by atoms with E-state index in [1.165, 1.54) is 12.1 Å². The minimum atomic E-state index is -5.76. The van der Waals surface area contributed by atoms with E-state index in [0.717, 1.165) is 0 Å². The number of carbonyl (C=O) groups is 1. The summed E-state index contributed by atoms with van der Waals surface area (Å²) in [6.45, 7) is 0. The van der Waals surface area contributed by atoms with Crippen LogP contribution in [0.1, 0.15) is 16.8 Å². The highest BCUT2D eigenvalue weighted by molar-refractivity contribution is 8.14. The minimum Gasteiger partial charge on any atom is -0.282 e. The van der Waals surface area contributed by atoms with Crippen LogP contribution in [-0.4, -0.2) is 35.3 Å². The van der Waals surface area contributed by atoms with Crippen molar-refractivity contribution >= 4 is 16.9 Å². The van der Waals surface area contributed by atoms with Crippen LogP contribution in [0.15, 0.2) is 30.3 Å². The average Bonchev–Trinajstić information content (AvgIpc) is 2.47. The topological polar surface area (TPSA) is 17.1 Å². The normalized spacial score (nSPS) is 14.2. The summed E-state index contributed by atoms with van der Waals surface area (Å²) >= 11 is 0.448. The number of hydrogen-bond acceptors (Lipinski definition) is 2. The average molecular weight is 348 g/mol. The van der Waals surface area contributed by atoms with Gasteiger partial charge < -0.3 is 0 Å². The van der Waals surface area contributed by atoms with Crippen LogP contribution in [0.2, 0.25) is 0 Å². The first-order valence-electron chi connectivity index (χ1n) is 6.00. The Kier molecular flexibility index (Phi) is 6.27. The Balaban J connectivity index is 2.56. The SMILES string of the molecule is O=C(SCCC(F)C(F)(F)C(F)(F)C(F)F)c1ccccc1. The molecule has 0 saturated carbocycles. The highest BCUT2D eigenvalue weighted by Crippen LogP contribution is 2.43. The number of alkyl halides is 7. The van der Waals surface area contributed by atoms with E-state index in [2.05, 4.69) is 0 Å². The predicted octanol–water partition coefficient (Wildman–Crippen LogP) is 4.82. The molecule has 0 aliphatic heterocycles. The van der Waals surface area contributed by atoms with Crippen molar-refractivity contribution in [2.45, 2.75) is 30.9 Å². The molecule has 1 rings (SSSR count). The fourth-order valence-electron chi connectivity index (χ4n) is 1.45. The van der Waals surface area contributed by atoms with Crippen molar-refractivity contribution < 1.29 is 35.5 Å². The largest absolute Gasteiger partial charge is 0.372 e. The Morgan fingerprint density at radius 1 is 1.00 bits per heavy atom. The fraction of sp³-hybridized carbons (Fsp3) is 0.462. The lowest BCUT2D eigenvalue weighted by Gasteiger charge is -2.28. The second-order valence-corrected chi connectivity index (χ2v) is 5.37. The van der Waals surface area contributed by atoms with E-state index in [4.69, 9.17) is 0 Å². The molecule has 0 N–H and O–H groups in total. The summed E-state index contributed by atoms with van der Waals surface area (Å²) in [6.07, 6.45) is -9.31. The van der Waals surface area contributed by atoms with Crippen LogP contribution in [0.5, 0.6) is 0 Å². The predicted molar refractivity (Wildman–Crippen MR) is 68.6 cm³/mol. The molecule has 0 aliphatic rings. The summed E-state index contributed by atoms with van der Waals surface area (Å²) in [5, 5.41) is -0.559. The molecule has 1 aromatic carbocycles. The van der Waals surface area contributed by atoms with Crippen LogP contribution in [0.3, 0.4) is 0 Å². The highest BCUT2D eigenvalue weighted by Gasteiger charge is 2.66. The van der Waals surface area contributed by atoms with Gasteiger partial charge in [-0.25, -0.2) is 13.2 Å². The number of benzene rings is 1. The molecule has 0 heterocycles. The van der Waals surface area contributed by atoms with Crippen molar-refractivity contribution in [2.75, 3.05) is 5.75 Å². The molecule has 0 fully saturated rings. The molecule has 1 aromatic rings. The number of rotatable bonds is 7. The van der Waals surface area contributed by atoms with Crippen molar-refractivity contribution in [2.24, 2.45) is 0 Å². The Bertz CT molecular complexity index is 492. The Morgan fingerprint density at radius 2 is 1.55 bits per heavy atom. The molecule has 0 spiro atoms. The summed E-state index contributed by atoms with van der Waals surface area (Å²) < 4.78 is 88.2. The number of thioether (sulfide) groups is 1. The zero-order valence-electron chi connectivity index (χ0n) is 10.9. The van der Waals surface area contributed by atoms with Crippen molar-refractivity contribution in [3.05, 3.63) is 35.9 Å². The first-order chi connectivity index (χ1) is 10.1. The molecular formula is C13H11F7OS. The van der Waals surface area contributed by atoms with Gasteiger partial charge in [0.15, 0.2) is 6.17 Å². The van der Waals surface area contributed by atoms with Crippen LogP contribution in [0.25, 0.3) is 0 Å². The molecule has 0 aliphatic carbocycles. The Labute approximate surface area is 125 Å². The van der Waals surface area contributed by atoms with Gasteiger partial charge in [-0.05, 0) is 6.42 Å². The smallest absolute Gasteiger partial charge is 0.282 e. The van der Waals surface area contributed by atoms with E-state index >= 15 is 0 Å². The lowest BCUT2D eigenvalue weighted by molar-refractivity contribution is -0.285. The molecule has 1 unspecified atom stereocenters. The van der Waals surface area contributed by atoms with Gasteiger partial charge in [0.1, 0.15) is 0 Å². The third-order valence-electron chi connectivity index (χ3n) is 2.73. The molecule has 0 radical (unpaired) electrons. The van der Waals surface area contributed by atoms with Crippen LogP contribution in [-0.2, 0) is 0 Å². The van der Waals surface area contributed by atoms with Crippen LogP contribution in [0, 0.1) is 0 Å². The second-order valence-electron chi connectivity index (χ2n) is 4.30. The fourth-order valence-corrected chi connectivity index (χ4v) is 2.26. The maximum absolute atomic E-state index is 13.2. The standard InChI is InChI=1S/C13H11F7OS/c14-9(12(17,18)13(19,20)11(15)16)6-7-22-10(21)8-4-2-1-3-5-8/h1-5,9,11H,6-7H2. The summed E-state index contributed by atoms with van der Waals surface area (Å²) in [5.74, 6) is -11.8. The third-order valence-corrected chi connectivity index (χ3v) is 3.66. The third kappa shape index (κ3) is 4.15. The van der Waals surface area contributed by atoms with Crippen molar-refractivity contribution in [3.63, 3.8) is 0 Å². The summed E-state index contributed by atoms with van der Waals surface area (Å²) in [4.78, 5) is 11.6. The van der Waals surface area contributed by atoms with Crippen LogP contribution >= 0.6 is 11.8 Å². The quantitative estimate of drug-likeness (QED) is 0.657. The van der Waals surface area contributed by atoms with Gasteiger partial charge in [0.25, 0.3) is 0 Å². The lowest BCUT2D eigenvalue weighted by Crippen LogP contribution is -2.52. The molecule has 0 bridgehead atoms. The highest BCUT2D eigenvalue weighted by atomic mass is 32.2. The van der Waals surface area contributed by atoms with Gasteiger partial charge in [-0.3, -0.25) is 4.79 Å². The zero-order chi connectivity index (χ0) is 17.0. The molecular weight excluding hydrogens is 337 g/mol. The zero-order valence-corrected chi connectivity index (χ0v) is 11.7. The van der Waals surface area contributed by atoms with E-state index in [0.29, 0.717) is 11.8 Å². The minimum absolute atomic E-state index is 0.229.